The van der Waals surface area contributed by atoms with E-state index in [2.05, 4.69) is 65.8 Å². The van der Waals surface area contributed by atoms with E-state index < -0.39 is 39.8 Å². The van der Waals surface area contributed by atoms with Crippen LogP contribution in [0.3, 0.4) is 0 Å². The number of piperazine rings is 1. The average Bonchev–Trinajstić information content (AvgIpc) is 3.20. The number of para-hydroxylation sites is 1. The lowest BCUT2D eigenvalue weighted by Crippen LogP contribution is -2.46. The maximum absolute atomic E-state index is 13.8. The number of halogens is 1. The minimum absolute atomic E-state index is 0.000240. The Kier molecular flexibility index (Phi) is 13.5. The van der Waals surface area contributed by atoms with Crippen LogP contribution >= 0.6 is 11.6 Å². The third-order valence-electron chi connectivity index (χ3n) is 10.9. The number of nitro benzene ring substituents is 1. The molecule has 0 unspecified atom stereocenters. The predicted octanol–water partition coefficient (Wildman–Crippen LogP) is 9.58. The molecule has 1 fully saturated rings. The third kappa shape index (κ3) is 10.9. The molecule has 1 heterocycles. The van der Waals surface area contributed by atoms with Crippen LogP contribution < -0.4 is 19.7 Å². The van der Waals surface area contributed by atoms with Crippen LogP contribution in [0.2, 0.25) is 23.2 Å². The minimum atomic E-state index is -4.54. The molecule has 0 radical (unpaired) electrons. The van der Waals surface area contributed by atoms with Crippen molar-refractivity contribution in [2.45, 2.75) is 50.3 Å². The van der Waals surface area contributed by atoms with E-state index in [0.29, 0.717) is 30.5 Å². The van der Waals surface area contributed by atoms with Gasteiger partial charge in [-0.3, -0.25) is 19.8 Å². The third-order valence-corrected chi connectivity index (χ3v) is 17.0. The highest BCUT2D eigenvalue weighted by molar-refractivity contribution is 7.90. The van der Waals surface area contributed by atoms with Gasteiger partial charge in [-0.05, 0) is 83.4 Å². The topological polar surface area (TPSA) is 143 Å². The summed E-state index contributed by atoms with van der Waals surface area (Å²) in [5.41, 5.74) is 3.97. The predicted molar refractivity (Wildman–Crippen MR) is 237 cm³/mol. The van der Waals surface area contributed by atoms with Gasteiger partial charge in [-0.25, -0.2) is 13.1 Å². The molecule has 1 saturated heterocycles. The molecule has 15 heteroatoms. The van der Waals surface area contributed by atoms with Gasteiger partial charge in [-0.2, -0.15) is 0 Å². The number of ether oxygens (including phenoxy) is 1. The first-order valence-corrected chi connectivity index (χ1v) is 24.2. The van der Waals surface area contributed by atoms with Crippen molar-refractivity contribution < 1.29 is 27.3 Å². The second kappa shape index (κ2) is 18.3. The van der Waals surface area contributed by atoms with Crippen molar-refractivity contribution >= 4 is 52.9 Å². The Hall–Kier alpha value is -5.25. The van der Waals surface area contributed by atoms with Gasteiger partial charge in [0.2, 0.25) is 0 Å². The standard InChI is InChI=1S/C44H50ClN5O7SSi/c1-44(2,3)59(4,5)56-28-23-46-40-22-20-37(30-41(40)50(52)53)58(54,55)47-43(51)39-21-19-35(29-42(39)57-36-12-7-6-8-13-36)49-26-24-48(25-27-49)31-33-11-9-10-14-38(33)32-15-17-34(45)18-16-32/h6-22,29-30,46H,23-28,31H2,1-5H3,(H,47,51). The summed E-state index contributed by atoms with van der Waals surface area (Å²) in [6.07, 6.45) is 0. The summed E-state index contributed by atoms with van der Waals surface area (Å²) in [6, 6.07) is 33.6. The van der Waals surface area contributed by atoms with Crippen LogP contribution in [0, 0.1) is 10.1 Å². The molecular weight excluding hydrogens is 806 g/mol. The number of rotatable bonds is 15. The summed E-state index contributed by atoms with van der Waals surface area (Å²) in [7, 11) is -6.58. The maximum Gasteiger partial charge on any atom is 0.293 e. The van der Waals surface area contributed by atoms with E-state index in [1.54, 1.807) is 36.4 Å². The zero-order valence-electron chi connectivity index (χ0n) is 33.9. The molecule has 1 amide bonds. The number of anilines is 2. The molecule has 12 nitrogen and oxygen atoms in total. The lowest BCUT2D eigenvalue weighted by Gasteiger charge is -2.36. The van der Waals surface area contributed by atoms with Crippen molar-refractivity contribution in [3.05, 3.63) is 142 Å². The van der Waals surface area contributed by atoms with Gasteiger partial charge in [0.1, 0.15) is 17.2 Å². The number of benzene rings is 5. The summed E-state index contributed by atoms with van der Waals surface area (Å²) in [4.78, 5) is 29.3. The maximum atomic E-state index is 13.8. The van der Waals surface area contributed by atoms with E-state index in [1.165, 1.54) is 23.8 Å². The molecule has 0 saturated carbocycles. The SMILES string of the molecule is CC(C)(C)[Si](C)(C)OCCNc1ccc(S(=O)(=O)NC(=O)c2ccc(N3CCN(Cc4ccccc4-c4ccc(Cl)cc4)CC3)cc2Oc2ccccc2)cc1[N+](=O)[O-]. The fourth-order valence-electron chi connectivity index (χ4n) is 6.49. The normalized spacial score (nSPS) is 13.8. The van der Waals surface area contributed by atoms with E-state index in [-0.39, 0.29) is 28.6 Å². The number of nitro groups is 1. The van der Waals surface area contributed by atoms with Gasteiger partial charge < -0.3 is 19.4 Å². The summed E-state index contributed by atoms with van der Waals surface area (Å²) >= 11 is 6.14. The molecule has 2 N–H and O–H groups in total. The van der Waals surface area contributed by atoms with E-state index in [4.69, 9.17) is 20.8 Å². The molecule has 5 aromatic carbocycles. The number of nitrogens with one attached hydrogen (secondary N) is 2. The zero-order chi connectivity index (χ0) is 42.4. The molecule has 1 aliphatic heterocycles. The Bertz CT molecular complexity index is 2390. The number of hydrogen-bond acceptors (Lipinski definition) is 10. The number of sulfonamides is 1. The van der Waals surface area contributed by atoms with Crippen LogP contribution in [0.1, 0.15) is 36.7 Å². The first-order chi connectivity index (χ1) is 28.0. The quantitative estimate of drug-likeness (QED) is 0.0452. The first-order valence-electron chi connectivity index (χ1n) is 19.4. The van der Waals surface area contributed by atoms with Crippen LogP contribution in [-0.2, 0) is 21.0 Å². The molecule has 0 aromatic heterocycles. The van der Waals surface area contributed by atoms with Gasteiger partial charge in [0.15, 0.2) is 8.32 Å². The van der Waals surface area contributed by atoms with Gasteiger partial charge in [0, 0.05) is 62.1 Å². The van der Waals surface area contributed by atoms with Gasteiger partial charge in [-0.1, -0.05) is 87.0 Å². The van der Waals surface area contributed by atoms with Gasteiger partial charge >= 0.3 is 0 Å². The van der Waals surface area contributed by atoms with Crippen molar-refractivity contribution in [1.29, 1.82) is 0 Å². The van der Waals surface area contributed by atoms with E-state index in [0.717, 1.165) is 42.5 Å². The Morgan fingerprint density at radius 1 is 0.881 bits per heavy atom. The van der Waals surface area contributed by atoms with Crippen LogP contribution in [-0.4, -0.2) is 71.8 Å². The van der Waals surface area contributed by atoms with Crippen molar-refractivity contribution in [3.63, 3.8) is 0 Å². The van der Waals surface area contributed by atoms with Gasteiger partial charge in [0.05, 0.1) is 22.0 Å². The van der Waals surface area contributed by atoms with Crippen molar-refractivity contribution in [2.24, 2.45) is 0 Å². The fraction of sp³-hybridized carbons (Fsp3) is 0.295. The molecule has 0 spiro atoms. The Morgan fingerprint density at radius 3 is 2.24 bits per heavy atom. The molecule has 310 valence electrons. The highest BCUT2D eigenvalue weighted by Gasteiger charge is 2.37. The van der Waals surface area contributed by atoms with Crippen LogP contribution in [0.15, 0.2) is 120 Å². The smallest absolute Gasteiger partial charge is 0.293 e. The highest BCUT2D eigenvalue weighted by Crippen LogP contribution is 2.37. The number of nitrogens with zero attached hydrogens (tertiary/aromatic N) is 3. The summed E-state index contributed by atoms with van der Waals surface area (Å²) in [5.74, 6) is -0.329. The van der Waals surface area contributed by atoms with E-state index in [9.17, 15) is 23.3 Å². The molecular formula is C44H50ClN5O7SSi. The van der Waals surface area contributed by atoms with Crippen molar-refractivity contribution in [2.75, 3.05) is 49.5 Å². The zero-order valence-corrected chi connectivity index (χ0v) is 36.5. The minimum Gasteiger partial charge on any atom is -0.456 e. The van der Waals surface area contributed by atoms with Gasteiger partial charge in [0.25, 0.3) is 21.6 Å². The number of carbonyl (C=O) groups is 1. The van der Waals surface area contributed by atoms with Crippen LogP contribution in [0.4, 0.5) is 17.1 Å². The molecule has 6 rings (SSSR count). The average molecular weight is 857 g/mol. The molecule has 1 aliphatic rings. The second-order valence-corrected chi connectivity index (χ2v) is 22.9. The Morgan fingerprint density at radius 2 is 1.56 bits per heavy atom. The summed E-state index contributed by atoms with van der Waals surface area (Å²) in [5, 5.41) is 15.7. The first kappa shape index (κ1) is 43.3. The molecule has 0 atom stereocenters. The molecule has 59 heavy (non-hydrogen) atoms. The van der Waals surface area contributed by atoms with Crippen molar-refractivity contribution in [3.8, 4) is 22.6 Å². The molecule has 0 bridgehead atoms. The molecule has 5 aromatic rings. The number of hydrogen-bond donors (Lipinski definition) is 2. The lowest BCUT2D eigenvalue weighted by molar-refractivity contribution is -0.384. The largest absolute Gasteiger partial charge is 0.456 e. The summed E-state index contributed by atoms with van der Waals surface area (Å²) in [6.45, 7) is 15.0. The second-order valence-electron chi connectivity index (χ2n) is 15.9. The summed E-state index contributed by atoms with van der Waals surface area (Å²) < 4.78 is 41.6. The fourth-order valence-corrected chi connectivity index (χ4v) is 8.65. The van der Waals surface area contributed by atoms with E-state index >= 15 is 0 Å². The van der Waals surface area contributed by atoms with Crippen molar-refractivity contribution in [1.82, 2.24) is 9.62 Å². The Balaban J connectivity index is 1.15. The lowest BCUT2D eigenvalue weighted by atomic mass is 9.99. The number of carbonyl (C=O) groups excluding carboxylic acids is 1. The van der Waals surface area contributed by atoms with Crippen LogP contribution in [0.5, 0.6) is 11.5 Å². The molecule has 0 aliphatic carbocycles. The Labute approximate surface area is 352 Å². The highest BCUT2D eigenvalue weighted by atomic mass is 35.5. The number of amides is 1. The van der Waals surface area contributed by atoms with Crippen LogP contribution in [0.25, 0.3) is 11.1 Å². The monoisotopic (exact) mass is 855 g/mol. The van der Waals surface area contributed by atoms with Gasteiger partial charge in [-0.15, -0.1) is 0 Å². The van der Waals surface area contributed by atoms with E-state index in [1.807, 2.05) is 42.5 Å².